The van der Waals surface area contributed by atoms with Crippen LogP contribution in [0.1, 0.15) is 44.6 Å². The summed E-state index contributed by atoms with van der Waals surface area (Å²) in [5.41, 5.74) is 0.0604. The Morgan fingerprint density at radius 3 is 2.59 bits per heavy atom. The SMILES string of the molecule is CCCCNc1ccc(C(F)(F)F)cc1NC(=O)C1CC12CCNCC2.Cl. The number of halogens is 4. The van der Waals surface area contributed by atoms with Gasteiger partial charge in [-0.3, -0.25) is 4.79 Å². The van der Waals surface area contributed by atoms with Crippen LogP contribution in [0.4, 0.5) is 24.5 Å². The van der Waals surface area contributed by atoms with E-state index in [2.05, 4.69) is 16.0 Å². The normalized spacial score (nSPS) is 20.7. The van der Waals surface area contributed by atoms with Crippen molar-refractivity contribution in [2.24, 2.45) is 11.3 Å². The van der Waals surface area contributed by atoms with Gasteiger partial charge >= 0.3 is 6.18 Å². The number of amides is 1. The fourth-order valence-electron chi connectivity index (χ4n) is 3.79. The van der Waals surface area contributed by atoms with E-state index in [-0.39, 0.29) is 35.3 Å². The van der Waals surface area contributed by atoms with Crippen LogP contribution in [0.2, 0.25) is 0 Å². The topological polar surface area (TPSA) is 53.2 Å². The predicted molar refractivity (Wildman–Crippen MR) is 103 cm³/mol. The summed E-state index contributed by atoms with van der Waals surface area (Å²) in [6, 6.07) is 3.49. The highest BCUT2D eigenvalue weighted by Crippen LogP contribution is 2.58. The van der Waals surface area contributed by atoms with Gasteiger partial charge < -0.3 is 16.0 Å². The van der Waals surface area contributed by atoms with E-state index in [1.165, 1.54) is 6.07 Å². The third-order valence-electron chi connectivity index (χ3n) is 5.56. The second-order valence-electron chi connectivity index (χ2n) is 7.40. The van der Waals surface area contributed by atoms with Gasteiger partial charge in [-0.25, -0.2) is 0 Å². The number of hydrogen-bond donors (Lipinski definition) is 3. The van der Waals surface area contributed by atoms with Crippen LogP contribution in [-0.2, 0) is 11.0 Å². The maximum absolute atomic E-state index is 13.1. The van der Waals surface area contributed by atoms with Gasteiger partial charge in [-0.1, -0.05) is 13.3 Å². The molecule has 27 heavy (non-hydrogen) atoms. The molecule has 0 aromatic heterocycles. The molecular weight excluding hydrogens is 379 g/mol. The molecule has 4 nitrogen and oxygen atoms in total. The molecule has 1 saturated carbocycles. The number of unbranched alkanes of at least 4 members (excludes halogenated alkanes) is 1. The van der Waals surface area contributed by atoms with Crippen LogP contribution in [0.3, 0.4) is 0 Å². The number of alkyl halides is 3. The Kier molecular flexibility index (Phi) is 7.03. The summed E-state index contributed by atoms with van der Waals surface area (Å²) in [6.45, 7) is 4.50. The first-order valence-electron chi connectivity index (χ1n) is 9.32. The van der Waals surface area contributed by atoms with Gasteiger partial charge in [0.2, 0.25) is 5.91 Å². The average molecular weight is 406 g/mol. The zero-order chi connectivity index (χ0) is 18.8. The molecule has 1 aliphatic carbocycles. The number of rotatable bonds is 6. The first-order chi connectivity index (χ1) is 12.4. The number of anilines is 2. The number of piperidine rings is 1. The molecule has 3 N–H and O–H groups in total. The van der Waals surface area contributed by atoms with Crippen molar-refractivity contribution in [3.63, 3.8) is 0 Å². The van der Waals surface area contributed by atoms with Crippen molar-refractivity contribution in [3.8, 4) is 0 Å². The van der Waals surface area contributed by atoms with Gasteiger partial charge in [-0.15, -0.1) is 12.4 Å². The van der Waals surface area contributed by atoms with Crippen LogP contribution in [0.25, 0.3) is 0 Å². The van der Waals surface area contributed by atoms with Crippen LogP contribution in [0, 0.1) is 11.3 Å². The molecule has 1 spiro atoms. The van der Waals surface area contributed by atoms with Crippen molar-refractivity contribution < 1.29 is 18.0 Å². The minimum atomic E-state index is -4.43. The van der Waals surface area contributed by atoms with Gasteiger partial charge in [-0.05, 0) is 62.4 Å². The van der Waals surface area contributed by atoms with Crippen LogP contribution in [0.5, 0.6) is 0 Å². The fourth-order valence-corrected chi connectivity index (χ4v) is 3.79. The lowest BCUT2D eigenvalue weighted by Gasteiger charge is -2.23. The largest absolute Gasteiger partial charge is 0.416 e. The van der Waals surface area contributed by atoms with Crippen molar-refractivity contribution in [3.05, 3.63) is 23.8 Å². The lowest BCUT2D eigenvalue weighted by molar-refractivity contribution is -0.137. The van der Waals surface area contributed by atoms with Crippen molar-refractivity contribution in [1.29, 1.82) is 0 Å². The maximum Gasteiger partial charge on any atom is 0.416 e. The van der Waals surface area contributed by atoms with Gasteiger partial charge in [-0.2, -0.15) is 13.2 Å². The molecule has 1 heterocycles. The monoisotopic (exact) mass is 405 g/mol. The minimum Gasteiger partial charge on any atom is -0.383 e. The number of carbonyl (C=O) groups is 1. The second-order valence-corrected chi connectivity index (χ2v) is 7.40. The quantitative estimate of drug-likeness (QED) is 0.603. The summed E-state index contributed by atoms with van der Waals surface area (Å²) in [4.78, 5) is 12.7. The molecule has 0 bridgehead atoms. The predicted octanol–water partition coefficient (Wildman–Crippen LogP) is 4.67. The number of benzene rings is 1. The molecule has 1 aromatic carbocycles. The molecule has 1 amide bonds. The summed E-state index contributed by atoms with van der Waals surface area (Å²) >= 11 is 0. The van der Waals surface area contributed by atoms with Crippen molar-refractivity contribution in [2.75, 3.05) is 30.3 Å². The summed E-state index contributed by atoms with van der Waals surface area (Å²) in [7, 11) is 0. The highest BCUT2D eigenvalue weighted by Gasteiger charge is 2.57. The minimum absolute atomic E-state index is 0. The average Bonchev–Trinajstić information content (AvgIpc) is 3.29. The van der Waals surface area contributed by atoms with E-state index in [1.54, 1.807) is 0 Å². The molecular formula is C19H27ClF3N3O. The Hall–Kier alpha value is -1.47. The Morgan fingerprint density at radius 1 is 1.26 bits per heavy atom. The lowest BCUT2D eigenvalue weighted by atomic mass is 9.91. The first-order valence-corrected chi connectivity index (χ1v) is 9.32. The van der Waals surface area contributed by atoms with E-state index in [0.717, 1.165) is 57.3 Å². The zero-order valence-electron chi connectivity index (χ0n) is 15.4. The summed E-state index contributed by atoms with van der Waals surface area (Å²) < 4.78 is 39.2. The van der Waals surface area contributed by atoms with E-state index in [9.17, 15) is 18.0 Å². The molecule has 1 saturated heterocycles. The fraction of sp³-hybridized carbons (Fsp3) is 0.632. The van der Waals surface area contributed by atoms with E-state index >= 15 is 0 Å². The van der Waals surface area contributed by atoms with E-state index < -0.39 is 11.7 Å². The summed E-state index contributed by atoms with van der Waals surface area (Å²) in [5.74, 6) is -0.257. The highest BCUT2D eigenvalue weighted by molar-refractivity contribution is 5.98. The molecule has 2 fully saturated rings. The van der Waals surface area contributed by atoms with E-state index in [0.29, 0.717) is 12.2 Å². The Balaban J connectivity index is 0.00000261. The van der Waals surface area contributed by atoms with E-state index in [1.807, 2.05) is 6.92 Å². The molecule has 1 aromatic rings. The smallest absolute Gasteiger partial charge is 0.383 e. The summed E-state index contributed by atoms with van der Waals surface area (Å²) in [6.07, 6.45) is 0.195. The summed E-state index contributed by atoms with van der Waals surface area (Å²) in [5, 5.41) is 9.18. The van der Waals surface area contributed by atoms with Gasteiger partial charge in [0.05, 0.1) is 16.9 Å². The first kappa shape index (κ1) is 21.8. The molecule has 2 aliphatic rings. The molecule has 1 atom stereocenters. The van der Waals surface area contributed by atoms with Crippen molar-refractivity contribution >= 4 is 29.7 Å². The Morgan fingerprint density at radius 2 is 1.96 bits per heavy atom. The van der Waals surface area contributed by atoms with Crippen LogP contribution in [-0.4, -0.2) is 25.5 Å². The highest BCUT2D eigenvalue weighted by atomic mass is 35.5. The molecule has 1 aliphatic heterocycles. The van der Waals surface area contributed by atoms with Crippen LogP contribution in [0.15, 0.2) is 18.2 Å². The maximum atomic E-state index is 13.1. The molecule has 0 radical (unpaired) electrons. The van der Waals surface area contributed by atoms with Crippen molar-refractivity contribution in [2.45, 2.75) is 45.2 Å². The second kappa shape index (κ2) is 8.69. The standard InChI is InChI=1S/C19H26F3N3O.ClH/c1-2-3-8-24-15-5-4-13(19(20,21)22)11-16(15)25-17(26)14-12-18(14)6-9-23-10-7-18;/h4-5,11,14,23-24H,2-3,6-10,12H2,1H3,(H,25,26);1H. The third kappa shape index (κ3) is 5.08. The molecule has 1 unspecified atom stereocenters. The third-order valence-corrected chi connectivity index (χ3v) is 5.56. The van der Waals surface area contributed by atoms with Crippen molar-refractivity contribution in [1.82, 2.24) is 5.32 Å². The van der Waals surface area contributed by atoms with Gasteiger partial charge in [0.1, 0.15) is 0 Å². The zero-order valence-corrected chi connectivity index (χ0v) is 16.2. The van der Waals surface area contributed by atoms with Gasteiger partial charge in [0, 0.05) is 12.5 Å². The van der Waals surface area contributed by atoms with E-state index in [4.69, 9.17) is 0 Å². The van der Waals surface area contributed by atoms with Gasteiger partial charge in [0.15, 0.2) is 0 Å². The van der Waals surface area contributed by atoms with Crippen LogP contribution < -0.4 is 16.0 Å². The number of nitrogens with one attached hydrogen (secondary N) is 3. The lowest BCUT2D eigenvalue weighted by Crippen LogP contribution is -2.31. The molecule has 3 rings (SSSR count). The number of hydrogen-bond acceptors (Lipinski definition) is 3. The van der Waals surface area contributed by atoms with Crippen LogP contribution >= 0.6 is 12.4 Å². The van der Waals surface area contributed by atoms with Gasteiger partial charge in [0.25, 0.3) is 0 Å². The Bertz CT molecular complexity index is 660. The molecule has 8 heteroatoms. The Labute approximate surface area is 164 Å². The molecule has 152 valence electrons. The number of carbonyl (C=O) groups excluding carboxylic acids is 1.